The van der Waals surface area contributed by atoms with Gasteiger partial charge in [-0.2, -0.15) is 0 Å². The molecule has 2 heterocycles. The Kier molecular flexibility index (Phi) is 4.40. The van der Waals surface area contributed by atoms with E-state index in [0.717, 1.165) is 19.5 Å². The summed E-state index contributed by atoms with van der Waals surface area (Å²) < 4.78 is 0. The van der Waals surface area contributed by atoms with Crippen molar-refractivity contribution in [3.63, 3.8) is 0 Å². The zero-order valence-electron chi connectivity index (χ0n) is 10.7. The molecular formula is C13H24N2O2. The van der Waals surface area contributed by atoms with Gasteiger partial charge in [-0.25, -0.2) is 0 Å². The minimum absolute atomic E-state index is 0.320. The molecule has 0 aliphatic carbocycles. The van der Waals surface area contributed by atoms with E-state index in [1.54, 1.807) is 0 Å². The van der Waals surface area contributed by atoms with Crippen molar-refractivity contribution in [2.75, 3.05) is 19.6 Å². The molecule has 0 aromatic carbocycles. The van der Waals surface area contributed by atoms with Gasteiger partial charge in [-0.1, -0.05) is 6.92 Å². The summed E-state index contributed by atoms with van der Waals surface area (Å²) in [5, 5.41) is 12.2. The van der Waals surface area contributed by atoms with Crippen LogP contribution >= 0.6 is 0 Å². The van der Waals surface area contributed by atoms with Crippen molar-refractivity contribution < 1.29 is 9.90 Å². The predicted octanol–water partition coefficient (Wildman–Crippen LogP) is 1.31. The minimum Gasteiger partial charge on any atom is -0.481 e. The molecule has 17 heavy (non-hydrogen) atoms. The molecule has 4 nitrogen and oxygen atoms in total. The first-order valence-corrected chi connectivity index (χ1v) is 6.86. The maximum absolute atomic E-state index is 10.7. The van der Waals surface area contributed by atoms with E-state index >= 15 is 0 Å². The number of likely N-dealkylation sites (tertiary alicyclic amines) is 1. The van der Waals surface area contributed by atoms with Gasteiger partial charge in [0.2, 0.25) is 0 Å². The quantitative estimate of drug-likeness (QED) is 0.778. The number of hydrogen-bond acceptors (Lipinski definition) is 3. The third kappa shape index (κ3) is 3.19. The lowest BCUT2D eigenvalue weighted by Gasteiger charge is -2.40. The van der Waals surface area contributed by atoms with Crippen LogP contribution in [0.1, 0.15) is 39.0 Å². The van der Waals surface area contributed by atoms with Crippen LogP contribution < -0.4 is 5.32 Å². The molecule has 2 aliphatic heterocycles. The maximum Gasteiger partial charge on any atom is 0.303 e. The highest BCUT2D eigenvalue weighted by molar-refractivity contribution is 5.66. The lowest BCUT2D eigenvalue weighted by molar-refractivity contribution is -0.137. The molecule has 0 aromatic rings. The molecule has 0 bridgehead atoms. The standard InChI is InChI=1S/C13H24N2O2/c1-10-9-14-7-6-12(10)15-8-2-3-11(15)4-5-13(16)17/h10-12,14H,2-9H2,1H3,(H,16,17)/t10-,11+,12+/m1/s1. The number of nitrogens with zero attached hydrogens (tertiary/aromatic N) is 1. The third-order valence-electron chi connectivity index (χ3n) is 4.28. The van der Waals surface area contributed by atoms with Gasteiger partial charge in [-0.15, -0.1) is 0 Å². The van der Waals surface area contributed by atoms with Gasteiger partial charge in [-0.3, -0.25) is 9.69 Å². The van der Waals surface area contributed by atoms with Gasteiger partial charge >= 0.3 is 5.97 Å². The lowest BCUT2D eigenvalue weighted by atomic mass is 9.92. The van der Waals surface area contributed by atoms with Crippen LogP contribution in [0.3, 0.4) is 0 Å². The van der Waals surface area contributed by atoms with Gasteiger partial charge < -0.3 is 10.4 Å². The highest BCUT2D eigenvalue weighted by Crippen LogP contribution is 2.29. The van der Waals surface area contributed by atoms with Crippen molar-refractivity contribution in [1.82, 2.24) is 10.2 Å². The van der Waals surface area contributed by atoms with Crippen molar-refractivity contribution in [1.29, 1.82) is 0 Å². The van der Waals surface area contributed by atoms with Crippen LogP contribution in [-0.4, -0.2) is 47.7 Å². The minimum atomic E-state index is -0.657. The van der Waals surface area contributed by atoms with Gasteiger partial charge in [0.1, 0.15) is 0 Å². The van der Waals surface area contributed by atoms with Crippen molar-refractivity contribution in [2.45, 2.75) is 51.1 Å². The van der Waals surface area contributed by atoms with Gasteiger partial charge in [0.25, 0.3) is 0 Å². The molecule has 2 aliphatic rings. The first kappa shape index (κ1) is 12.8. The third-order valence-corrected chi connectivity index (χ3v) is 4.28. The van der Waals surface area contributed by atoms with E-state index in [1.165, 1.54) is 25.8 Å². The molecule has 4 heteroatoms. The zero-order chi connectivity index (χ0) is 12.3. The Morgan fingerprint density at radius 3 is 3.00 bits per heavy atom. The molecule has 0 aromatic heterocycles. The molecule has 0 saturated carbocycles. The van der Waals surface area contributed by atoms with Crippen LogP contribution in [0.4, 0.5) is 0 Å². The summed E-state index contributed by atoms with van der Waals surface area (Å²) in [6.45, 7) is 5.69. The Labute approximate surface area is 103 Å². The number of aliphatic carboxylic acids is 1. The van der Waals surface area contributed by atoms with E-state index < -0.39 is 5.97 Å². The van der Waals surface area contributed by atoms with Crippen LogP contribution in [0.2, 0.25) is 0 Å². The van der Waals surface area contributed by atoms with Crippen LogP contribution in [0.5, 0.6) is 0 Å². The number of nitrogens with one attached hydrogen (secondary N) is 1. The highest BCUT2D eigenvalue weighted by Gasteiger charge is 2.34. The SMILES string of the molecule is C[C@@H]1CNCC[C@@H]1N1CCC[C@H]1CCC(=O)O. The summed E-state index contributed by atoms with van der Waals surface area (Å²) in [7, 11) is 0. The fourth-order valence-corrected chi connectivity index (χ4v) is 3.39. The molecule has 2 rings (SSSR count). The van der Waals surface area contributed by atoms with Crippen LogP contribution in [-0.2, 0) is 4.79 Å². The normalized spacial score (nSPS) is 35.0. The summed E-state index contributed by atoms with van der Waals surface area (Å²) in [4.78, 5) is 13.3. The van der Waals surface area contributed by atoms with Crippen molar-refractivity contribution in [3.8, 4) is 0 Å². The van der Waals surface area contributed by atoms with Crippen molar-refractivity contribution in [3.05, 3.63) is 0 Å². The van der Waals surface area contributed by atoms with E-state index in [2.05, 4.69) is 17.1 Å². The van der Waals surface area contributed by atoms with Gasteiger partial charge in [-0.05, 0) is 51.2 Å². The summed E-state index contributed by atoms with van der Waals surface area (Å²) in [6, 6.07) is 1.18. The summed E-state index contributed by atoms with van der Waals surface area (Å²) in [5.74, 6) is 0.0318. The van der Waals surface area contributed by atoms with E-state index in [9.17, 15) is 4.79 Å². The molecular weight excluding hydrogens is 216 g/mol. The molecule has 3 atom stereocenters. The maximum atomic E-state index is 10.7. The predicted molar refractivity (Wildman–Crippen MR) is 67.0 cm³/mol. The van der Waals surface area contributed by atoms with E-state index in [4.69, 9.17) is 5.11 Å². The summed E-state index contributed by atoms with van der Waals surface area (Å²) in [6.07, 6.45) is 4.78. The molecule has 2 saturated heterocycles. The highest BCUT2D eigenvalue weighted by atomic mass is 16.4. The number of rotatable bonds is 4. The second-order valence-corrected chi connectivity index (χ2v) is 5.50. The first-order valence-electron chi connectivity index (χ1n) is 6.86. The largest absolute Gasteiger partial charge is 0.481 e. The van der Waals surface area contributed by atoms with Gasteiger partial charge in [0.05, 0.1) is 0 Å². The van der Waals surface area contributed by atoms with Crippen LogP contribution in [0, 0.1) is 5.92 Å². The Balaban J connectivity index is 1.91. The van der Waals surface area contributed by atoms with Crippen molar-refractivity contribution in [2.24, 2.45) is 5.92 Å². The summed E-state index contributed by atoms with van der Waals surface area (Å²) >= 11 is 0. The lowest BCUT2D eigenvalue weighted by Crippen LogP contribution is -2.50. The molecule has 0 amide bonds. The topological polar surface area (TPSA) is 52.6 Å². The number of carboxylic acids is 1. The van der Waals surface area contributed by atoms with E-state index in [1.807, 2.05) is 0 Å². The smallest absolute Gasteiger partial charge is 0.303 e. The number of carbonyl (C=O) groups is 1. The Hall–Kier alpha value is -0.610. The molecule has 0 unspecified atom stereocenters. The van der Waals surface area contributed by atoms with E-state index in [0.29, 0.717) is 24.4 Å². The van der Waals surface area contributed by atoms with Gasteiger partial charge in [0, 0.05) is 18.5 Å². The van der Waals surface area contributed by atoms with Crippen molar-refractivity contribution >= 4 is 5.97 Å². The zero-order valence-corrected chi connectivity index (χ0v) is 10.7. The fraction of sp³-hybridized carbons (Fsp3) is 0.923. The van der Waals surface area contributed by atoms with Crippen LogP contribution in [0.15, 0.2) is 0 Å². The molecule has 0 radical (unpaired) electrons. The monoisotopic (exact) mass is 240 g/mol. The Morgan fingerprint density at radius 1 is 1.47 bits per heavy atom. The fourth-order valence-electron chi connectivity index (χ4n) is 3.39. The average molecular weight is 240 g/mol. The number of piperidine rings is 1. The van der Waals surface area contributed by atoms with E-state index in [-0.39, 0.29) is 0 Å². The molecule has 0 spiro atoms. The van der Waals surface area contributed by atoms with Gasteiger partial charge in [0.15, 0.2) is 0 Å². The number of hydrogen-bond donors (Lipinski definition) is 2. The molecule has 2 fully saturated rings. The first-order chi connectivity index (χ1) is 8.18. The Bertz CT molecular complexity index is 270. The second kappa shape index (κ2) is 5.83. The molecule has 2 N–H and O–H groups in total. The number of carboxylic acid groups (broad SMARTS) is 1. The summed E-state index contributed by atoms with van der Waals surface area (Å²) in [5.41, 5.74) is 0. The Morgan fingerprint density at radius 2 is 2.29 bits per heavy atom. The molecule has 98 valence electrons. The average Bonchev–Trinajstić information content (AvgIpc) is 2.75. The second-order valence-electron chi connectivity index (χ2n) is 5.50. The van der Waals surface area contributed by atoms with Crippen LogP contribution in [0.25, 0.3) is 0 Å².